The normalized spacial score (nSPS) is 10.0. The molecule has 0 fully saturated rings. The lowest BCUT2D eigenvalue weighted by Crippen LogP contribution is -1.83. The van der Waals surface area contributed by atoms with Gasteiger partial charge in [0.2, 0.25) is 0 Å². The summed E-state index contributed by atoms with van der Waals surface area (Å²) in [6, 6.07) is 13.8. The van der Waals surface area contributed by atoms with E-state index in [2.05, 4.69) is 6.07 Å². The van der Waals surface area contributed by atoms with E-state index in [1.807, 2.05) is 36.4 Å². The fraction of sp³-hybridized carbons (Fsp3) is 0.0833. The minimum absolute atomic E-state index is 0.443. The standard InChI is InChI=1S/C12H8ClN/c13-11-4-5-12-9(6-7-14)2-1-3-10(12)8-11/h1-5,8H,6H2. The highest BCUT2D eigenvalue weighted by molar-refractivity contribution is 6.31. The average molecular weight is 202 g/mol. The Morgan fingerprint density at radius 2 is 2.07 bits per heavy atom. The van der Waals surface area contributed by atoms with Crippen molar-refractivity contribution in [3.63, 3.8) is 0 Å². The van der Waals surface area contributed by atoms with Crippen molar-refractivity contribution in [1.82, 2.24) is 0 Å². The third kappa shape index (κ3) is 1.57. The quantitative estimate of drug-likeness (QED) is 0.692. The van der Waals surface area contributed by atoms with Crippen LogP contribution in [0, 0.1) is 11.3 Å². The Kier molecular flexibility index (Phi) is 2.39. The summed E-state index contributed by atoms with van der Waals surface area (Å²) in [5.41, 5.74) is 1.06. The van der Waals surface area contributed by atoms with Gasteiger partial charge in [-0.05, 0) is 28.5 Å². The summed E-state index contributed by atoms with van der Waals surface area (Å²) in [4.78, 5) is 0. The lowest BCUT2D eigenvalue weighted by molar-refractivity contribution is 1.29. The zero-order valence-electron chi connectivity index (χ0n) is 7.50. The third-order valence-electron chi connectivity index (χ3n) is 2.20. The van der Waals surface area contributed by atoms with Crippen molar-refractivity contribution < 1.29 is 0 Å². The van der Waals surface area contributed by atoms with Crippen molar-refractivity contribution in [3.05, 3.63) is 47.0 Å². The molecule has 0 aliphatic carbocycles. The van der Waals surface area contributed by atoms with Gasteiger partial charge in [-0.15, -0.1) is 0 Å². The van der Waals surface area contributed by atoms with E-state index in [0.29, 0.717) is 6.42 Å². The Bertz CT molecular complexity index is 511. The van der Waals surface area contributed by atoms with Crippen LogP contribution >= 0.6 is 11.6 Å². The summed E-state index contributed by atoms with van der Waals surface area (Å²) >= 11 is 5.88. The molecule has 0 bridgehead atoms. The van der Waals surface area contributed by atoms with Crippen molar-refractivity contribution in [3.8, 4) is 6.07 Å². The molecule has 2 heteroatoms. The number of rotatable bonds is 1. The van der Waals surface area contributed by atoms with Crippen molar-refractivity contribution in [2.75, 3.05) is 0 Å². The zero-order chi connectivity index (χ0) is 9.97. The topological polar surface area (TPSA) is 23.8 Å². The second-order valence-corrected chi connectivity index (χ2v) is 3.55. The molecular weight excluding hydrogens is 194 g/mol. The van der Waals surface area contributed by atoms with Gasteiger partial charge in [0.25, 0.3) is 0 Å². The van der Waals surface area contributed by atoms with Gasteiger partial charge >= 0.3 is 0 Å². The first-order valence-electron chi connectivity index (χ1n) is 4.35. The van der Waals surface area contributed by atoms with E-state index in [0.717, 1.165) is 21.4 Å². The highest BCUT2D eigenvalue weighted by Gasteiger charge is 2.00. The van der Waals surface area contributed by atoms with Crippen molar-refractivity contribution >= 4 is 22.4 Å². The van der Waals surface area contributed by atoms with Crippen LogP contribution in [-0.2, 0) is 6.42 Å². The van der Waals surface area contributed by atoms with Crippen LogP contribution in [-0.4, -0.2) is 0 Å². The van der Waals surface area contributed by atoms with Crippen LogP contribution in [0.1, 0.15) is 5.56 Å². The van der Waals surface area contributed by atoms with Gasteiger partial charge in [0.1, 0.15) is 0 Å². The molecule has 0 aromatic heterocycles. The molecule has 68 valence electrons. The van der Waals surface area contributed by atoms with Crippen LogP contribution in [0.3, 0.4) is 0 Å². The third-order valence-corrected chi connectivity index (χ3v) is 2.44. The molecule has 2 aromatic carbocycles. The van der Waals surface area contributed by atoms with E-state index in [4.69, 9.17) is 16.9 Å². The van der Waals surface area contributed by atoms with Crippen LogP contribution in [0.15, 0.2) is 36.4 Å². The van der Waals surface area contributed by atoms with Gasteiger partial charge in [0, 0.05) is 5.02 Å². The Morgan fingerprint density at radius 3 is 2.86 bits per heavy atom. The second-order valence-electron chi connectivity index (χ2n) is 3.12. The lowest BCUT2D eigenvalue weighted by Gasteiger charge is -2.02. The van der Waals surface area contributed by atoms with Gasteiger partial charge in [-0.25, -0.2) is 0 Å². The molecular formula is C12H8ClN. The minimum Gasteiger partial charge on any atom is -0.198 e. The number of hydrogen-bond acceptors (Lipinski definition) is 1. The maximum atomic E-state index is 8.66. The van der Waals surface area contributed by atoms with Gasteiger partial charge in [0.15, 0.2) is 0 Å². The Balaban J connectivity index is 2.70. The lowest BCUT2D eigenvalue weighted by atomic mass is 10.0. The molecule has 0 spiro atoms. The van der Waals surface area contributed by atoms with Crippen molar-refractivity contribution in [2.24, 2.45) is 0 Å². The van der Waals surface area contributed by atoms with Crippen LogP contribution in [0.25, 0.3) is 10.8 Å². The predicted octanol–water partition coefficient (Wildman–Crippen LogP) is 3.56. The number of hydrogen-bond donors (Lipinski definition) is 0. The molecule has 0 aliphatic heterocycles. The molecule has 0 unspecified atom stereocenters. The van der Waals surface area contributed by atoms with Crippen LogP contribution in [0.4, 0.5) is 0 Å². The average Bonchev–Trinajstić information content (AvgIpc) is 2.18. The monoisotopic (exact) mass is 201 g/mol. The van der Waals surface area contributed by atoms with E-state index in [1.165, 1.54) is 0 Å². The summed E-state index contributed by atoms with van der Waals surface area (Å²) < 4.78 is 0. The SMILES string of the molecule is N#CCc1cccc2cc(Cl)ccc12. The predicted molar refractivity (Wildman–Crippen MR) is 58.3 cm³/mol. The summed E-state index contributed by atoms with van der Waals surface area (Å²) in [6.07, 6.45) is 0.443. The Hall–Kier alpha value is -1.52. The van der Waals surface area contributed by atoms with Gasteiger partial charge in [-0.3, -0.25) is 0 Å². The van der Waals surface area contributed by atoms with E-state index in [1.54, 1.807) is 0 Å². The van der Waals surface area contributed by atoms with Gasteiger partial charge in [-0.1, -0.05) is 35.9 Å². The molecule has 0 saturated carbocycles. The number of nitrogens with zero attached hydrogens (tertiary/aromatic N) is 1. The highest BCUT2D eigenvalue weighted by atomic mass is 35.5. The number of fused-ring (bicyclic) bond motifs is 1. The van der Waals surface area contributed by atoms with Crippen LogP contribution in [0.5, 0.6) is 0 Å². The zero-order valence-corrected chi connectivity index (χ0v) is 8.25. The largest absolute Gasteiger partial charge is 0.198 e. The molecule has 2 aromatic rings. The summed E-state index contributed by atoms with van der Waals surface area (Å²) in [5, 5.41) is 11.6. The molecule has 0 aliphatic rings. The fourth-order valence-electron chi connectivity index (χ4n) is 1.56. The van der Waals surface area contributed by atoms with Gasteiger partial charge < -0.3 is 0 Å². The number of halogens is 1. The van der Waals surface area contributed by atoms with Gasteiger partial charge in [-0.2, -0.15) is 5.26 Å². The molecule has 0 saturated heterocycles. The molecule has 14 heavy (non-hydrogen) atoms. The van der Waals surface area contributed by atoms with Crippen LogP contribution < -0.4 is 0 Å². The first-order valence-corrected chi connectivity index (χ1v) is 4.73. The number of benzene rings is 2. The molecule has 2 rings (SSSR count). The Labute approximate surface area is 87.5 Å². The molecule has 0 N–H and O–H groups in total. The summed E-state index contributed by atoms with van der Waals surface area (Å²) in [6.45, 7) is 0. The van der Waals surface area contributed by atoms with E-state index in [-0.39, 0.29) is 0 Å². The first-order chi connectivity index (χ1) is 6.81. The van der Waals surface area contributed by atoms with Crippen molar-refractivity contribution in [2.45, 2.75) is 6.42 Å². The van der Waals surface area contributed by atoms with E-state index < -0.39 is 0 Å². The molecule has 0 radical (unpaired) electrons. The summed E-state index contributed by atoms with van der Waals surface area (Å²) in [7, 11) is 0. The fourth-order valence-corrected chi connectivity index (χ4v) is 1.74. The maximum absolute atomic E-state index is 8.66. The van der Waals surface area contributed by atoms with Crippen molar-refractivity contribution in [1.29, 1.82) is 5.26 Å². The highest BCUT2D eigenvalue weighted by Crippen LogP contribution is 2.22. The van der Waals surface area contributed by atoms with Crippen LogP contribution in [0.2, 0.25) is 5.02 Å². The second kappa shape index (κ2) is 3.69. The molecule has 0 atom stereocenters. The minimum atomic E-state index is 0.443. The molecule has 0 heterocycles. The number of nitriles is 1. The Morgan fingerprint density at radius 1 is 1.21 bits per heavy atom. The van der Waals surface area contributed by atoms with Gasteiger partial charge in [0.05, 0.1) is 12.5 Å². The summed E-state index contributed by atoms with van der Waals surface area (Å²) in [5.74, 6) is 0. The first kappa shape index (κ1) is 9.05. The smallest absolute Gasteiger partial charge is 0.0669 e. The van der Waals surface area contributed by atoms with E-state index >= 15 is 0 Å². The maximum Gasteiger partial charge on any atom is 0.0669 e. The van der Waals surface area contributed by atoms with E-state index in [9.17, 15) is 0 Å². The molecule has 1 nitrogen and oxygen atoms in total. The molecule has 0 amide bonds.